The second-order valence-corrected chi connectivity index (χ2v) is 5.10. The smallest absolute Gasteiger partial charge is 0.306 e. The Hall–Kier alpha value is -1.66. The Balaban J connectivity index is 2.08. The molecule has 0 bridgehead atoms. The molecule has 2 rings (SSSR count). The van der Waals surface area contributed by atoms with E-state index in [1.54, 1.807) is 17.5 Å². The topological polar surface area (TPSA) is 56.1 Å². The molecule has 1 unspecified atom stereocenters. The van der Waals surface area contributed by atoms with E-state index >= 15 is 0 Å². The first kappa shape index (κ1) is 13.8. The number of carbonyl (C=O) groups excluding carboxylic acids is 1. The lowest BCUT2D eigenvalue weighted by Crippen LogP contribution is -2.27. The third-order valence-corrected chi connectivity index (χ3v) is 3.79. The van der Waals surface area contributed by atoms with Crippen LogP contribution in [0.3, 0.4) is 0 Å². The summed E-state index contributed by atoms with van der Waals surface area (Å²) in [6.45, 7) is 0.558. The van der Waals surface area contributed by atoms with Gasteiger partial charge in [0.05, 0.1) is 13.5 Å². The monoisotopic (exact) mass is 279 g/mol. The van der Waals surface area contributed by atoms with E-state index in [0.29, 0.717) is 13.0 Å². The summed E-state index contributed by atoms with van der Waals surface area (Å²) in [4.78, 5) is 16.7. The minimum absolute atomic E-state index is 0.00431. The molecule has 2 aromatic rings. The van der Waals surface area contributed by atoms with Crippen LogP contribution in [0.4, 0.5) is 0 Å². The van der Waals surface area contributed by atoms with Crippen molar-refractivity contribution in [3.05, 3.63) is 40.6 Å². The fourth-order valence-electron chi connectivity index (χ4n) is 1.85. The van der Waals surface area contributed by atoms with Crippen LogP contribution in [0.1, 0.15) is 23.2 Å². The molecule has 0 aliphatic heterocycles. The molecule has 0 spiro atoms. The summed E-state index contributed by atoms with van der Waals surface area (Å²) < 4.78 is 6.62. The molecule has 0 saturated carbocycles. The van der Waals surface area contributed by atoms with Crippen LogP contribution in [-0.2, 0) is 16.6 Å². The predicted octanol–water partition coefficient (Wildman–Crippen LogP) is 1.72. The highest BCUT2D eigenvalue weighted by Crippen LogP contribution is 2.24. The molecule has 2 aromatic heterocycles. The quantitative estimate of drug-likeness (QED) is 0.818. The SMILES string of the molecule is COC(=O)CCNC(c1cccs1)c1nccn1C. The zero-order chi connectivity index (χ0) is 13.7. The van der Waals surface area contributed by atoms with Crippen molar-refractivity contribution < 1.29 is 9.53 Å². The minimum Gasteiger partial charge on any atom is -0.469 e. The highest BCUT2D eigenvalue weighted by atomic mass is 32.1. The highest BCUT2D eigenvalue weighted by molar-refractivity contribution is 7.10. The summed E-state index contributed by atoms with van der Waals surface area (Å²) in [7, 11) is 3.36. The van der Waals surface area contributed by atoms with Crippen molar-refractivity contribution in [2.24, 2.45) is 7.05 Å². The van der Waals surface area contributed by atoms with Crippen molar-refractivity contribution in [2.75, 3.05) is 13.7 Å². The van der Waals surface area contributed by atoms with Gasteiger partial charge in [0.1, 0.15) is 11.9 Å². The summed E-state index contributed by atoms with van der Waals surface area (Å²) in [5, 5.41) is 5.39. The van der Waals surface area contributed by atoms with E-state index in [1.807, 2.05) is 29.3 Å². The fraction of sp³-hybridized carbons (Fsp3) is 0.385. The minimum atomic E-state index is -0.211. The average Bonchev–Trinajstić information content (AvgIpc) is 3.06. The van der Waals surface area contributed by atoms with Gasteiger partial charge in [-0.15, -0.1) is 11.3 Å². The van der Waals surface area contributed by atoms with Gasteiger partial charge in [-0.05, 0) is 11.4 Å². The molecule has 102 valence electrons. The van der Waals surface area contributed by atoms with E-state index in [0.717, 1.165) is 5.82 Å². The first-order chi connectivity index (χ1) is 9.22. The Morgan fingerprint density at radius 3 is 3.05 bits per heavy atom. The molecule has 0 aliphatic rings. The van der Waals surface area contributed by atoms with Crippen LogP contribution in [0.5, 0.6) is 0 Å². The van der Waals surface area contributed by atoms with Crippen LogP contribution in [-0.4, -0.2) is 29.2 Å². The summed E-state index contributed by atoms with van der Waals surface area (Å²) in [5.41, 5.74) is 0. The molecule has 1 N–H and O–H groups in total. The highest BCUT2D eigenvalue weighted by Gasteiger charge is 2.18. The van der Waals surface area contributed by atoms with Crippen molar-refractivity contribution in [2.45, 2.75) is 12.5 Å². The van der Waals surface area contributed by atoms with E-state index in [4.69, 9.17) is 0 Å². The summed E-state index contributed by atoms with van der Waals surface area (Å²) in [6.07, 6.45) is 4.04. The third-order valence-electron chi connectivity index (χ3n) is 2.85. The summed E-state index contributed by atoms with van der Waals surface area (Å²) in [5.74, 6) is 0.726. The maximum absolute atomic E-state index is 11.2. The van der Waals surface area contributed by atoms with Crippen LogP contribution in [0.25, 0.3) is 0 Å². The lowest BCUT2D eigenvalue weighted by atomic mass is 10.2. The largest absolute Gasteiger partial charge is 0.469 e. The summed E-state index contributed by atoms with van der Waals surface area (Å²) in [6, 6.07) is 4.08. The predicted molar refractivity (Wildman–Crippen MR) is 74.0 cm³/mol. The molecular formula is C13H17N3O2S. The lowest BCUT2D eigenvalue weighted by molar-refractivity contribution is -0.140. The number of aromatic nitrogens is 2. The summed E-state index contributed by atoms with van der Waals surface area (Å²) >= 11 is 1.67. The van der Waals surface area contributed by atoms with Crippen molar-refractivity contribution >= 4 is 17.3 Å². The number of esters is 1. The molecule has 0 fully saturated rings. The number of hydrogen-bond donors (Lipinski definition) is 1. The van der Waals surface area contributed by atoms with Crippen LogP contribution in [0.15, 0.2) is 29.9 Å². The van der Waals surface area contributed by atoms with Crippen LogP contribution < -0.4 is 5.32 Å². The van der Waals surface area contributed by atoms with E-state index < -0.39 is 0 Å². The lowest BCUT2D eigenvalue weighted by Gasteiger charge is -2.17. The van der Waals surface area contributed by atoms with Gasteiger partial charge in [0.25, 0.3) is 0 Å². The second-order valence-electron chi connectivity index (χ2n) is 4.13. The molecule has 0 amide bonds. The number of methoxy groups -OCH3 is 1. The molecule has 1 atom stereocenters. The molecule has 6 heteroatoms. The average molecular weight is 279 g/mol. The van der Waals surface area contributed by atoms with Crippen molar-refractivity contribution in [1.82, 2.24) is 14.9 Å². The standard InChI is InChI=1S/C13H17N3O2S/c1-16-8-7-15-13(16)12(10-4-3-9-19-10)14-6-5-11(17)18-2/h3-4,7-9,12,14H,5-6H2,1-2H3. The molecule has 2 heterocycles. The zero-order valence-electron chi connectivity index (χ0n) is 11.0. The second kappa shape index (κ2) is 6.49. The number of nitrogens with zero attached hydrogens (tertiary/aromatic N) is 2. The van der Waals surface area contributed by atoms with E-state index in [-0.39, 0.29) is 12.0 Å². The molecule has 19 heavy (non-hydrogen) atoms. The Morgan fingerprint density at radius 1 is 1.63 bits per heavy atom. The zero-order valence-corrected chi connectivity index (χ0v) is 11.8. The Kier molecular flexibility index (Phi) is 4.70. The maximum Gasteiger partial charge on any atom is 0.306 e. The van der Waals surface area contributed by atoms with Crippen LogP contribution in [0.2, 0.25) is 0 Å². The number of hydrogen-bond acceptors (Lipinski definition) is 5. The van der Waals surface area contributed by atoms with Gasteiger partial charge in [-0.2, -0.15) is 0 Å². The van der Waals surface area contributed by atoms with Gasteiger partial charge in [0.15, 0.2) is 0 Å². The van der Waals surface area contributed by atoms with Crippen LogP contribution >= 0.6 is 11.3 Å². The Morgan fingerprint density at radius 2 is 2.47 bits per heavy atom. The van der Waals surface area contributed by atoms with E-state index in [2.05, 4.69) is 21.1 Å². The van der Waals surface area contributed by atoms with Crippen molar-refractivity contribution in [1.29, 1.82) is 0 Å². The third kappa shape index (κ3) is 3.42. The van der Waals surface area contributed by atoms with Gasteiger partial charge < -0.3 is 14.6 Å². The van der Waals surface area contributed by atoms with Gasteiger partial charge in [-0.3, -0.25) is 4.79 Å². The van der Waals surface area contributed by atoms with E-state index in [1.165, 1.54) is 12.0 Å². The fourth-order valence-corrected chi connectivity index (χ4v) is 2.65. The first-order valence-corrected chi connectivity index (χ1v) is 6.91. The molecule has 0 saturated heterocycles. The van der Waals surface area contributed by atoms with Crippen LogP contribution in [0, 0.1) is 0 Å². The number of aryl methyl sites for hydroxylation is 1. The normalized spacial score (nSPS) is 12.3. The van der Waals surface area contributed by atoms with Gasteiger partial charge in [0, 0.05) is 30.9 Å². The Bertz CT molecular complexity index is 522. The van der Waals surface area contributed by atoms with Crippen molar-refractivity contribution in [3.8, 4) is 0 Å². The molecule has 0 aliphatic carbocycles. The molecular weight excluding hydrogens is 262 g/mol. The number of nitrogens with one attached hydrogen (secondary N) is 1. The number of thiophene rings is 1. The number of carbonyl (C=O) groups is 1. The number of imidazole rings is 1. The van der Waals surface area contributed by atoms with E-state index in [9.17, 15) is 4.79 Å². The molecule has 5 nitrogen and oxygen atoms in total. The van der Waals surface area contributed by atoms with Gasteiger partial charge >= 0.3 is 5.97 Å². The number of rotatable bonds is 6. The maximum atomic E-state index is 11.2. The first-order valence-electron chi connectivity index (χ1n) is 6.03. The molecule has 0 radical (unpaired) electrons. The number of ether oxygens (including phenoxy) is 1. The Labute approximate surface area is 116 Å². The van der Waals surface area contributed by atoms with Crippen molar-refractivity contribution in [3.63, 3.8) is 0 Å². The van der Waals surface area contributed by atoms with Gasteiger partial charge in [0.2, 0.25) is 0 Å². The van der Waals surface area contributed by atoms with Gasteiger partial charge in [-0.1, -0.05) is 6.07 Å². The molecule has 0 aromatic carbocycles. The van der Waals surface area contributed by atoms with Gasteiger partial charge in [-0.25, -0.2) is 4.98 Å².